The zero-order valence-corrected chi connectivity index (χ0v) is 15.1. The molecule has 0 aliphatic carbocycles. The van der Waals surface area contributed by atoms with Gasteiger partial charge >= 0.3 is 0 Å². The molecule has 0 saturated carbocycles. The first kappa shape index (κ1) is 15.9. The molecule has 1 aliphatic rings. The van der Waals surface area contributed by atoms with Gasteiger partial charge < -0.3 is 9.80 Å². The zero-order chi connectivity index (χ0) is 17.2. The van der Waals surface area contributed by atoms with Gasteiger partial charge in [0.2, 0.25) is 0 Å². The van der Waals surface area contributed by atoms with Crippen molar-refractivity contribution < 1.29 is 0 Å². The highest BCUT2D eigenvalue weighted by atomic mass is 79.9. The molecule has 0 bridgehead atoms. The number of benzene rings is 1. The number of pyridine rings is 2. The Balaban J connectivity index is 1.58. The summed E-state index contributed by atoms with van der Waals surface area (Å²) < 4.78 is 0.933. The lowest BCUT2D eigenvalue weighted by atomic mass is 10.1. The van der Waals surface area contributed by atoms with Gasteiger partial charge in [-0.05, 0) is 40.2 Å². The molecular formula is C19H16BrN5. The van der Waals surface area contributed by atoms with Gasteiger partial charge in [-0.15, -0.1) is 0 Å². The van der Waals surface area contributed by atoms with Crippen molar-refractivity contribution >= 4 is 38.3 Å². The molecule has 6 heteroatoms. The van der Waals surface area contributed by atoms with Crippen LogP contribution in [-0.2, 0) is 0 Å². The standard InChI is InChI=1S/C19H16BrN5/c20-15-11-16-19(23-13-15)18(5-6-22-16)25-9-7-24(8-10-25)17-4-2-1-3-14(17)12-21/h1-6,11,13H,7-10H2. The summed E-state index contributed by atoms with van der Waals surface area (Å²) in [6.07, 6.45) is 3.65. The molecule has 3 heterocycles. The van der Waals surface area contributed by atoms with Gasteiger partial charge in [-0.1, -0.05) is 12.1 Å². The topological polar surface area (TPSA) is 56.1 Å². The van der Waals surface area contributed by atoms with E-state index < -0.39 is 0 Å². The zero-order valence-electron chi connectivity index (χ0n) is 13.6. The number of hydrogen-bond donors (Lipinski definition) is 0. The van der Waals surface area contributed by atoms with Crippen molar-refractivity contribution in [1.29, 1.82) is 5.26 Å². The van der Waals surface area contributed by atoms with Crippen LogP contribution in [0.15, 0.2) is 53.3 Å². The lowest BCUT2D eigenvalue weighted by Crippen LogP contribution is -2.46. The number of nitrogens with zero attached hydrogens (tertiary/aromatic N) is 5. The van der Waals surface area contributed by atoms with Gasteiger partial charge in [0.15, 0.2) is 0 Å². The predicted molar refractivity (Wildman–Crippen MR) is 103 cm³/mol. The quantitative estimate of drug-likeness (QED) is 0.665. The highest BCUT2D eigenvalue weighted by molar-refractivity contribution is 9.10. The number of aromatic nitrogens is 2. The minimum atomic E-state index is 0.733. The molecule has 0 atom stereocenters. The van der Waals surface area contributed by atoms with Crippen molar-refractivity contribution in [2.24, 2.45) is 0 Å². The highest BCUT2D eigenvalue weighted by Gasteiger charge is 2.21. The van der Waals surface area contributed by atoms with E-state index in [4.69, 9.17) is 0 Å². The van der Waals surface area contributed by atoms with Gasteiger partial charge in [-0.2, -0.15) is 5.26 Å². The van der Waals surface area contributed by atoms with E-state index in [0.717, 1.165) is 58.6 Å². The van der Waals surface area contributed by atoms with Crippen LogP contribution in [0.5, 0.6) is 0 Å². The van der Waals surface area contributed by atoms with Crippen LogP contribution in [0, 0.1) is 11.3 Å². The molecule has 4 rings (SSSR count). The van der Waals surface area contributed by atoms with E-state index in [9.17, 15) is 5.26 Å². The maximum atomic E-state index is 9.31. The molecule has 2 aromatic heterocycles. The summed E-state index contributed by atoms with van der Waals surface area (Å²) in [4.78, 5) is 13.6. The minimum absolute atomic E-state index is 0.733. The molecule has 0 radical (unpaired) electrons. The van der Waals surface area contributed by atoms with Gasteiger partial charge in [-0.3, -0.25) is 9.97 Å². The smallest absolute Gasteiger partial charge is 0.112 e. The molecule has 0 spiro atoms. The number of fused-ring (bicyclic) bond motifs is 1. The van der Waals surface area contributed by atoms with Crippen molar-refractivity contribution in [3.63, 3.8) is 0 Å². The first-order valence-electron chi connectivity index (χ1n) is 8.15. The third kappa shape index (κ3) is 3.03. The predicted octanol–water partition coefficient (Wildman–Crippen LogP) is 3.59. The van der Waals surface area contributed by atoms with Crippen molar-refractivity contribution in [2.75, 3.05) is 36.0 Å². The Hall–Kier alpha value is -2.65. The monoisotopic (exact) mass is 393 g/mol. The fourth-order valence-electron chi connectivity index (χ4n) is 3.28. The number of rotatable bonds is 2. The Labute approximate surface area is 154 Å². The normalized spacial score (nSPS) is 14.6. The van der Waals surface area contributed by atoms with Crippen LogP contribution in [0.4, 0.5) is 11.4 Å². The highest BCUT2D eigenvalue weighted by Crippen LogP contribution is 2.28. The summed E-state index contributed by atoms with van der Waals surface area (Å²) >= 11 is 3.45. The second kappa shape index (κ2) is 6.69. The fourth-order valence-corrected chi connectivity index (χ4v) is 3.60. The Bertz CT molecular complexity index is 957. The molecular weight excluding hydrogens is 378 g/mol. The van der Waals surface area contributed by atoms with Gasteiger partial charge in [0.1, 0.15) is 11.6 Å². The first-order chi connectivity index (χ1) is 12.3. The van der Waals surface area contributed by atoms with E-state index in [1.807, 2.05) is 48.8 Å². The van der Waals surface area contributed by atoms with E-state index in [1.54, 1.807) is 0 Å². The lowest BCUT2D eigenvalue weighted by Gasteiger charge is -2.37. The van der Waals surface area contributed by atoms with Gasteiger partial charge in [0, 0.05) is 43.0 Å². The maximum absolute atomic E-state index is 9.31. The average molecular weight is 394 g/mol. The number of para-hydroxylation sites is 1. The third-order valence-corrected chi connectivity index (χ3v) is 4.94. The van der Waals surface area contributed by atoms with Crippen LogP contribution in [0.1, 0.15) is 5.56 Å². The molecule has 5 nitrogen and oxygen atoms in total. The van der Waals surface area contributed by atoms with Crippen molar-refractivity contribution in [1.82, 2.24) is 9.97 Å². The molecule has 1 fully saturated rings. The van der Waals surface area contributed by atoms with Crippen LogP contribution in [0.25, 0.3) is 11.0 Å². The summed E-state index contributed by atoms with van der Waals surface area (Å²) in [7, 11) is 0. The van der Waals surface area contributed by atoms with E-state index in [2.05, 4.69) is 41.8 Å². The van der Waals surface area contributed by atoms with E-state index in [0.29, 0.717) is 0 Å². The minimum Gasteiger partial charge on any atom is -0.367 e. The Kier molecular flexibility index (Phi) is 4.24. The molecule has 25 heavy (non-hydrogen) atoms. The molecule has 0 N–H and O–H groups in total. The summed E-state index contributed by atoms with van der Waals surface area (Å²) in [5.41, 5.74) is 4.69. The van der Waals surface area contributed by atoms with E-state index >= 15 is 0 Å². The first-order valence-corrected chi connectivity index (χ1v) is 8.95. The van der Waals surface area contributed by atoms with E-state index in [1.165, 1.54) is 0 Å². The molecule has 1 aliphatic heterocycles. The van der Waals surface area contributed by atoms with Crippen LogP contribution in [-0.4, -0.2) is 36.1 Å². The second-order valence-electron chi connectivity index (χ2n) is 5.95. The molecule has 124 valence electrons. The SMILES string of the molecule is N#Cc1ccccc1N1CCN(c2ccnc3cc(Br)cnc23)CC1. The average Bonchev–Trinajstić information content (AvgIpc) is 2.67. The Morgan fingerprint density at radius 2 is 1.68 bits per heavy atom. The number of hydrogen-bond acceptors (Lipinski definition) is 5. The Morgan fingerprint density at radius 3 is 2.44 bits per heavy atom. The fraction of sp³-hybridized carbons (Fsp3) is 0.211. The summed E-state index contributed by atoms with van der Waals surface area (Å²) in [6.45, 7) is 3.52. The van der Waals surface area contributed by atoms with Crippen molar-refractivity contribution in [2.45, 2.75) is 0 Å². The van der Waals surface area contributed by atoms with Gasteiger partial charge in [0.05, 0.1) is 22.5 Å². The van der Waals surface area contributed by atoms with E-state index in [-0.39, 0.29) is 0 Å². The molecule has 0 amide bonds. The van der Waals surface area contributed by atoms with Crippen LogP contribution in [0.3, 0.4) is 0 Å². The summed E-state index contributed by atoms with van der Waals surface area (Å²) in [6, 6.07) is 14.1. The van der Waals surface area contributed by atoms with Crippen LogP contribution < -0.4 is 9.80 Å². The number of anilines is 2. The molecule has 1 saturated heterocycles. The molecule has 1 aromatic carbocycles. The maximum Gasteiger partial charge on any atom is 0.112 e. The van der Waals surface area contributed by atoms with Crippen molar-refractivity contribution in [3.8, 4) is 6.07 Å². The Morgan fingerprint density at radius 1 is 0.960 bits per heavy atom. The lowest BCUT2D eigenvalue weighted by molar-refractivity contribution is 0.654. The largest absolute Gasteiger partial charge is 0.367 e. The van der Waals surface area contributed by atoms with Gasteiger partial charge in [-0.25, -0.2) is 0 Å². The number of nitriles is 1. The van der Waals surface area contributed by atoms with Crippen LogP contribution in [0.2, 0.25) is 0 Å². The number of piperazine rings is 1. The number of halogens is 1. The summed E-state index contributed by atoms with van der Waals surface area (Å²) in [5.74, 6) is 0. The summed E-state index contributed by atoms with van der Waals surface area (Å²) in [5, 5.41) is 9.31. The van der Waals surface area contributed by atoms with Crippen LogP contribution >= 0.6 is 15.9 Å². The molecule has 0 unspecified atom stereocenters. The van der Waals surface area contributed by atoms with Crippen molar-refractivity contribution in [3.05, 3.63) is 58.8 Å². The van der Waals surface area contributed by atoms with Gasteiger partial charge in [0.25, 0.3) is 0 Å². The molecule has 3 aromatic rings. The third-order valence-electron chi connectivity index (χ3n) is 4.51. The second-order valence-corrected chi connectivity index (χ2v) is 6.87.